The predicted molar refractivity (Wildman–Crippen MR) is 125 cm³/mol. The molecule has 1 amide bonds. The fraction of sp³-hybridized carbons (Fsp3) is 0.625. The van der Waals surface area contributed by atoms with E-state index >= 15 is 0 Å². The Labute approximate surface area is 188 Å². The number of hydrogen-bond acceptors (Lipinski definition) is 4. The van der Waals surface area contributed by atoms with Gasteiger partial charge in [-0.1, -0.05) is 13.3 Å². The molecule has 31 heavy (non-hydrogen) atoms. The average Bonchev–Trinajstić information content (AvgIpc) is 3.61. The smallest absolute Gasteiger partial charge is 0.262 e. The van der Waals surface area contributed by atoms with Gasteiger partial charge < -0.3 is 14.6 Å². The van der Waals surface area contributed by atoms with Gasteiger partial charge in [-0.2, -0.15) is 0 Å². The van der Waals surface area contributed by atoms with Crippen LogP contribution in [0, 0.1) is 10.7 Å². The van der Waals surface area contributed by atoms with Crippen LogP contribution >= 0.6 is 12.2 Å². The van der Waals surface area contributed by atoms with Crippen LogP contribution in [-0.4, -0.2) is 46.2 Å². The van der Waals surface area contributed by atoms with Gasteiger partial charge in [-0.25, -0.2) is 0 Å². The van der Waals surface area contributed by atoms with Crippen LogP contribution in [0.25, 0.3) is 10.9 Å². The molecule has 1 heterocycles. The minimum atomic E-state index is -0.120. The van der Waals surface area contributed by atoms with Crippen molar-refractivity contribution < 1.29 is 9.53 Å². The maximum Gasteiger partial charge on any atom is 0.262 e. The van der Waals surface area contributed by atoms with Gasteiger partial charge in [-0.05, 0) is 81.3 Å². The molecule has 0 bridgehead atoms. The Hall–Kier alpha value is -1.99. The number of hydrogen-bond donors (Lipinski definition) is 1. The molecule has 0 unspecified atom stereocenters. The number of amides is 1. The number of H-pyrrole nitrogens is 1. The summed E-state index contributed by atoms with van der Waals surface area (Å²) in [4.78, 5) is 31.8. The zero-order valence-corrected chi connectivity index (χ0v) is 19.4. The summed E-state index contributed by atoms with van der Waals surface area (Å²) in [6.45, 7) is 3.34. The van der Waals surface area contributed by atoms with E-state index in [-0.39, 0.29) is 11.5 Å². The number of carbonyl (C=O) groups excluding carboxylic acids is 1. The zero-order valence-electron chi connectivity index (χ0n) is 18.6. The van der Waals surface area contributed by atoms with Gasteiger partial charge in [0.25, 0.3) is 11.5 Å². The molecule has 0 saturated heterocycles. The topological polar surface area (TPSA) is 67.3 Å². The third kappa shape index (κ3) is 4.77. The highest BCUT2D eigenvalue weighted by molar-refractivity contribution is 7.71. The van der Waals surface area contributed by atoms with E-state index in [9.17, 15) is 9.59 Å². The first kappa shape index (κ1) is 22.2. The lowest BCUT2D eigenvalue weighted by Crippen LogP contribution is -2.43. The van der Waals surface area contributed by atoms with Crippen molar-refractivity contribution >= 4 is 29.0 Å². The van der Waals surface area contributed by atoms with E-state index in [4.69, 9.17) is 17.0 Å². The van der Waals surface area contributed by atoms with E-state index in [0.29, 0.717) is 52.9 Å². The van der Waals surface area contributed by atoms with Gasteiger partial charge in [0.15, 0.2) is 4.77 Å². The minimum Gasteiger partial charge on any atom is -0.385 e. The summed E-state index contributed by atoms with van der Waals surface area (Å²) in [6.07, 6.45) is 8.77. The molecule has 2 saturated carbocycles. The lowest BCUT2D eigenvalue weighted by atomic mass is 9.83. The highest BCUT2D eigenvalue weighted by Gasteiger charge is 2.39. The fourth-order valence-electron chi connectivity index (χ4n) is 4.92. The SMILES string of the molecule is CCC1CCC(N(C(=O)c2ccc3c(=O)n(CCCOC)c(=S)[nH]c3c2)C2CC2)CC1. The third-order valence-corrected chi connectivity index (χ3v) is 7.24. The summed E-state index contributed by atoms with van der Waals surface area (Å²) in [6, 6.07) is 6.09. The molecule has 2 aliphatic carbocycles. The zero-order chi connectivity index (χ0) is 22.0. The summed E-state index contributed by atoms with van der Waals surface area (Å²) < 4.78 is 7.03. The lowest BCUT2D eigenvalue weighted by Gasteiger charge is -2.37. The maximum atomic E-state index is 13.5. The highest BCUT2D eigenvalue weighted by Crippen LogP contribution is 2.37. The summed E-state index contributed by atoms with van der Waals surface area (Å²) >= 11 is 5.42. The van der Waals surface area contributed by atoms with Crippen molar-refractivity contribution in [3.63, 3.8) is 0 Å². The molecule has 1 aromatic heterocycles. The number of fused-ring (bicyclic) bond motifs is 1. The largest absolute Gasteiger partial charge is 0.385 e. The van der Waals surface area contributed by atoms with Crippen LogP contribution in [0.15, 0.2) is 23.0 Å². The van der Waals surface area contributed by atoms with Gasteiger partial charge in [-0.15, -0.1) is 0 Å². The van der Waals surface area contributed by atoms with Crippen LogP contribution < -0.4 is 5.56 Å². The number of benzene rings is 1. The van der Waals surface area contributed by atoms with E-state index < -0.39 is 0 Å². The first-order valence-electron chi connectivity index (χ1n) is 11.6. The molecule has 0 radical (unpaired) electrons. The van der Waals surface area contributed by atoms with Gasteiger partial charge in [0.2, 0.25) is 0 Å². The van der Waals surface area contributed by atoms with Crippen LogP contribution in [0.3, 0.4) is 0 Å². The van der Waals surface area contributed by atoms with Crippen molar-refractivity contribution in [1.82, 2.24) is 14.5 Å². The molecule has 2 aromatic rings. The highest BCUT2D eigenvalue weighted by atomic mass is 32.1. The fourth-order valence-corrected chi connectivity index (χ4v) is 5.20. The summed E-state index contributed by atoms with van der Waals surface area (Å²) in [5.74, 6) is 0.896. The Morgan fingerprint density at radius 3 is 2.48 bits per heavy atom. The van der Waals surface area contributed by atoms with E-state index in [2.05, 4.69) is 16.8 Å². The molecule has 168 valence electrons. The molecular weight excluding hydrogens is 410 g/mol. The van der Waals surface area contributed by atoms with Gasteiger partial charge >= 0.3 is 0 Å². The van der Waals surface area contributed by atoms with Gasteiger partial charge in [0.05, 0.1) is 10.9 Å². The van der Waals surface area contributed by atoms with Crippen molar-refractivity contribution in [2.75, 3.05) is 13.7 Å². The molecule has 1 aromatic carbocycles. The monoisotopic (exact) mass is 443 g/mol. The van der Waals surface area contributed by atoms with E-state index in [0.717, 1.165) is 31.6 Å². The number of carbonyl (C=O) groups is 1. The Morgan fingerprint density at radius 1 is 1.19 bits per heavy atom. The van der Waals surface area contributed by atoms with Crippen molar-refractivity contribution in [1.29, 1.82) is 0 Å². The lowest BCUT2D eigenvalue weighted by molar-refractivity contribution is 0.0587. The molecule has 4 rings (SSSR count). The molecule has 0 spiro atoms. The number of methoxy groups -OCH3 is 1. The standard InChI is InChI=1S/C24H33N3O3S/c1-3-16-5-8-18(9-6-16)27(19-10-11-19)22(28)17-7-12-20-21(15-17)25-24(31)26(23(20)29)13-4-14-30-2/h7,12,15-16,18-19H,3-6,8-11,13-14H2,1-2H3,(H,25,31). The van der Waals surface area contributed by atoms with Crippen LogP contribution in [0.4, 0.5) is 0 Å². The normalized spacial score (nSPS) is 21.4. The second-order valence-electron chi connectivity index (χ2n) is 9.02. The number of aromatic nitrogens is 2. The molecule has 0 atom stereocenters. The average molecular weight is 444 g/mol. The Bertz CT molecular complexity index is 1050. The van der Waals surface area contributed by atoms with Crippen LogP contribution in [0.1, 0.15) is 68.6 Å². The minimum absolute atomic E-state index is 0.0907. The van der Waals surface area contributed by atoms with E-state index in [1.165, 1.54) is 19.3 Å². The number of nitrogens with one attached hydrogen (secondary N) is 1. The van der Waals surface area contributed by atoms with Gasteiger partial charge in [0, 0.05) is 37.9 Å². The van der Waals surface area contributed by atoms with E-state index in [1.807, 2.05) is 0 Å². The van der Waals surface area contributed by atoms with Crippen molar-refractivity contribution in [2.45, 2.75) is 76.9 Å². The summed E-state index contributed by atoms with van der Waals surface area (Å²) in [7, 11) is 1.64. The number of ether oxygens (including phenoxy) is 1. The molecule has 7 heteroatoms. The molecule has 0 aliphatic heterocycles. The molecule has 2 aliphatic rings. The first-order valence-corrected chi connectivity index (χ1v) is 12.0. The number of nitrogens with zero attached hydrogens (tertiary/aromatic N) is 2. The quantitative estimate of drug-likeness (QED) is 0.476. The third-order valence-electron chi connectivity index (χ3n) is 6.92. The van der Waals surface area contributed by atoms with Crippen molar-refractivity contribution in [3.8, 4) is 0 Å². The molecule has 1 N–H and O–H groups in total. The summed E-state index contributed by atoms with van der Waals surface area (Å²) in [5, 5.41) is 0.559. The molecule has 2 fully saturated rings. The van der Waals surface area contributed by atoms with Crippen molar-refractivity contribution in [2.24, 2.45) is 5.92 Å². The Kier molecular flexibility index (Phi) is 6.92. The maximum absolute atomic E-state index is 13.5. The van der Waals surface area contributed by atoms with Crippen molar-refractivity contribution in [3.05, 3.63) is 38.9 Å². The summed E-state index contributed by atoms with van der Waals surface area (Å²) in [5.41, 5.74) is 1.15. The van der Waals surface area contributed by atoms with Gasteiger partial charge in [-0.3, -0.25) is 14.2 Å². The Balaban J connectivity index is 1.60. The number of rotatable bonds is 8. The van der Waals surface area contributed by atoms with E-state index in [1.54, 1.807) is 29.9 Å². The predicted octanol–water partition coefficient (Wildman–Crippen LogP) is 4.67. The van der Waals surface area contributed by atoms with Gasteiger partial charge in [0.1, 0.15) is 0 Å². The number of aromatic amines is 1. The van der Waals surface area contributed by atoms with Crippen LogP contribution in [-0.2, 0) is 11.3 Å². The molecule has 6 nitrogen and oxygen atoms in total. The molecular formula is C24H33N3O3S. The Morgan fingerprint density at radius 2 is 1.87 bits per heavy atom. The second kappa shape index (κ2) is 9.65. The first-order chi connectivity index (χ1) is 15.0. The van der Waals surface area contributed by atoms with Crippen LogP contribution in [0.2, 0.25) is 0 Å². The van der Waals surface area contributed by atoms with Crippen LogP contribution in [0.5, 0.6) is 0 Å². The second-order valence-corrected chi connectivity index (χ2v) is 9.41.